The molecule has 0 bridgehead atoms. The third-order valence-corrected chi connectivity index (χ3v) is 7.28. The first kappa shape index (κ1) is 21.6. The number of nitrogens with two attached hydrogens (primary N) is 1. The van der Waals surface area contributed by atoms with Gasteiger partial charge in [-0.3, -0.25) is 9.36 Å². The van der Waals surface area contributed by atoms with E-state index in [0.717, 1.165) is 6.26 Å². The number of carbonyl (C=O) groups is 1. The lowest BCUT2D eigenvalue weighted by Crippen LogP contribution is -2.39. The molecule has 0 heterocycles. The van der Waals surface area contributed by atoms with Crippen LogP contribution in [0.15, 0.2) is 18.2 Å². The van der Waals surface area contributed by atoms with E-state index in [0.29, 0.717) is 16.8 Å². The molecule has 5 N–H and O–H groups in total. The van der Waals surface area contributed by atoms with Gasteiger partial charge in [-0.25, -0.2) is 13.1 Å². The number of rotatable bonds is 8. The zero-order valence-electron chi connectivity index (χ0n) is 14.6. The number of benzene rings is 1. The summed E-state index contributed by atoms with van der Waals surface area (Å²) in [5.74, 6) is -4.32. The summed E-state index contributed by atoms with van der Waals surface area (Å²) in [5, 5.41) is 9.55. The average molecular weight is 392 g/mol. The maximum Gasteiger partial charge on any atom is 0.311 e. The molecule has 8 nitrogen and oxygen atoms in total. The number of carboxylic acids is 1. The van der Waals surface area contributed by atoms with Crippen molar-refractivity contribution in [2.45, 2.75) is 32.5 Å². The number of aliphatic carboxylic acids is 1. The van der Waals surface area contributed by atoms with Crippen LogP contribution in [-0.2, 0) is 19.4 Å². The largest absolute Gasteiger partial charge is 0.481 e. The first-order valence-corrected chi connectivity index (χ1v) is 11.4. The molecule has 3 atom stereocenters. The summed E-state index contributed by atoms with van der Waals surface area (Å²) in [6.07, 6.45) is 0.289. The molecule has 0 aliphatic heterocycles. The van der Waals surface area contributed by atoms with Gasteiger partial charge < -0.3 is 15.7 Å². The third-order valence-electron chi connectivity index (χ3n) is 3.94. The lowest BCUT2D eigenvalue weighted by atomic mass is 9.95. The van der Waals surface area contributed by atoms with E-state index in [1.807, 2.05) is 0 Å². The summed E-state index contributed by atoms with van der Waals surface area (Å²) in [6, 6.07) is 4.72. The molecule has 1 rings (SSSR count). The summed E-state index contributed by atoms with van der Waals surface area (Å²) >= 11 is 0. The molecule has 0 spiro atoms. The maximum absolute atomic E-state index is 12.9. The van der Waals surface area contributed by atoms with Gasteiger partial charge in [0.05, 0.1) is 12.2 Å². The Morgan fingerprint density at radius 1 is 1.36 bits per heavy atom. The second kappa shape index (κ2) is 7.86. The van der Waals surface area contributed by atoms with Crippen molar-refractivity contribution < 1.29 is 27.8 Å². The molecule has 25 heavy (non-hydrogen) atoms. The quantitative estimate of drug-likeness (QED) is 0.387. The Morgan fingerprint density at radius 3 is 2.36 bits per heavy atom. The number of nitrogen functional groups attached to an aromatic ring is 1. The lowest BCUT2D eigenvalue weighted by molar-refractivity contribution is -0.138. The Morgan fingerprint density at radius 2 is 1.92 bits per heavy atom. The fraction of sp³-hybridized carbons (Fsp3) is 0.533. The van der Waals surface area contributed by atoms with Crippen LogP contribution in [0.5, 0.6) is 0 Å². The fourth-order valence-corrected chi connectivity index (χ4v) is 6.62. The predicted molar refractivity (Wildman–Crippen MR) is 97.3 cm³/mol. The molecule has 10 heteroatoms. The molecule has 0 aliphatic carbocycles. The van der Waals surface area contributed by atoms with Gasteiger partial charge in [-0.1, -0.05) is 26.0 Å². The van der Waals surface area contributed by atoms with E-state index in [-0.39, 0.29) is 0 Å². The van der Waals surface area contributed by atoms with Gasteiger partial charge in [0.2, 0.25) is 17.4 Å². The fourth-order valence-electron chi connectivity index (χ4n) is 2.64. The van der Waals surface area contributed by atoms with E-state index in [1.165, 1.54) is 0 Å². The van der Waals surface area contributed by atoms with Gasteiger partial charge in [0.15, 0.2) is 0 Å². The van der Waals surface area contributed by atoms with Crippen molar-refractivity contribution in [1.29, 1.82) is 0 Å². The number of hydrogen-bond donors (Lipinski definition) is 4. The monoisotopic (exact) mass is 392 g/mol. The molecule has 142 valence electrons. The Balaban J connectivity index is 3.29. The number of carboxylic acid groups (broad SMARTS) is 1. The highest BCUT2D eigenvalue weighted by molar-refractivity contribution is 7.89. The van der Waals surface area contributed by atoms with Crippen LogP contribution in [0.2, 0.25) is 0 Å². The molecule has 0 fully saturated rings. The second-order valence-corrected chi connectivity index (χ2v) is 10.7. The van der Waals surface area contributed by atoms with Gasteiger partial charge in [0, 0.05) is 11.8 Å². The minimum atomic E-state index is -4.18. The zero-order chi connectivity index (χ0) is 19.6. The van der Waals surface area contributed by atoms with Crippen molar-refractivity contribution in [3.05, 3.63) is 29.3 Å². The van der Waals surface area contributed by atoms with E-state index in [9.17, 15) is 27.8 Å². The van der Waals surface area contributed by atoms with Gasteiger partial charge in [0.1, 0.15) is 5.78 Å². The molecular formula is C15H25N2O6PS. The van der Waals surface area contributed by atoms with Crippen LogP contribution >= 0.6 is 7.37 Å². The Bertz CT molecular complexity index is 793. The molecule has 0 amide bonds. The molecule has 1 aromatic carbocycles. The number of nitrogens with one attached hydrogen (secondary N) is 1. The van der Waals surface area contributed by atoms with E-state index in [2.05, 4.69) is 4.72 Å². The van der Waals surface area contributed by atoms with Crippen LogP contribution in [0.25, 0.3) is 0 Å². The number of sulfonamides is 1. The smallest absolute Gasteiger partial charge is 0.311 e. The second-order valence-electron chi connectivity index (χ2n) is 6.47. The Hall–Kier alpha value is -1.41. The lowest BCUT2D eigenvalue weighted by Gasteiger charge is -2.29. The third kappa shape index (κ3) is 5.81. The standard InChI is InChI=1S/C15H25N2O6PS/c1-9(2)14(17-25(4,22)23)24(20,21)8-12(15(18)19)11-6-5-7-13(16)10(11)3/h5-7,9,12,14,17H,8,16H2,1-4H3,(H,18,19)(H,20,21). The van der Waals surface area contributed by atoms with Crippen molar-refractivity contribution in [3.8, 4) is 0 Å². The van der Waals surface area contributed by atoms with Crippen LogP contribution < -0.4 is 10.5 Å². The summed E-state index contributed by atoms with van der Waals surface area (Å²) in [4.78, 5) is 22.2. The van der Waals surface area contributed by atoms with Crippen LogP contribution in [-0.4, -0.2) is 42.6 Å². The molecule has 1 aromatic rings. The van der Waals surface area contributed by atoms with Gasteiger partial charge in [-0.15, -0.1) is 0 Å². The summed E-state index contributed by atoms with van der Waals surface area (Å²) in [7, 11) is -7.91. The predicted octanol–water partition coefficient (Wildman–Crippen LogP) is 1.55. The Labute approximate surface area is 147 Å². The maximum atomic E-state index is 12.9. The van der Waals surface area contributed by atoms with Crippen molar-refractivity contribution in [2.75, 3.05) is 18.2 Å². The molecule has 0 saturated carbocycles. The highest BCUT2D eigenvalue weighted by Gasteiger charge is 2.40. The average Bonchev–Trinajstić information content (AvgIpc) is 2.44. The normalized spacial score (nSPS) is 17.0. The van der Waals surface area contributed by atoms with Gasteiger partial charge in [-0.2, -0.15) is 0 Å². The van der Waals surface area contributed by atoms with Gasteiger partial charge in [0.25, 0.3) is 0 Å². The molecule has 0 radical (unpaired) electrons. The van der Waals surface area contributed by atoms with Gasteiger partial charge in [-0.05, 0) is 30.0 Å². The summed E-state index contributed by atoms with van der Waals surface area (Å²) in [5.41, 5.74) is 7.04. The van der Waals surface area contributed by atoms with Crippen LogP contribution in [0, 0.1) is 12.8 Å². The van der Waals surface area contributed by atoms with E-state index in [4.69, 9.17) is 5.73 Å². The first-order valence-electron chi connectivity index (χ1n) is 7.63. The summed E-state index contributed by atoms with van der Waals surface area (Å²) < 4.78 is 38.0. The van der Waals surface area contributed by atoms with Crippen molar-refractivity contribution in [2.24, 2.45) is 5.92 Å². The minimum absolute atomic E-state index is 0.337. The van der Waals surface area contributed by atoms with E-state index < -0.39 is 47.1 Å². The van der Waals surface area contributed by atoms with Crippen molar-refractivity contribution in [1.82, 2.24) is 4.72 Å². The number of hydrogen-bond acceptors (Lipinski definition) is 5. The molecule has 3 unspecified atom stereocenters. The van der Waals surface area contributed by atoms with E-state index >= 15 is 0 Å². The van der Waals surface area contributed by atoms with E-state index in [1.54, 1.807) is 39.0 Å². The Kier molecular flexibility index (Phi) is 6.81. The topological polar surface area (TPSA) is 147 Å². The minimum Gasteiger partial charge on any atom is -0.481 e. The molecule has 0 aromatic heterocycles. The SMILES string of the molecule is Cc1c(N)cccc1C(CP(=O)(O)C(NS(C)(=O)=O)C(C)C)C(=O)O. The molecule has 0 aliphatic rings. The van der Waals surface area contributed by atoms with Gasteiger partial charge >= 0.3 is 5.97 Å². The van der Waals surface area contributed by atoms with Crippen LogP contribution in [0.4, 0.5) is 5.69 Å². The van der Waals surface area contributed by atoms with Crippen LogP contribution in [0.1, 0.15) is 30.9 Å². The zero-order valence-corrected chi connectivity index (χ0v) is 16.3. The highest BCUT2D eigenvalue weighted by atomic mass is 32.2. The van der Waals surface area contributed by atoms with Crippen LogP contribution in [0.3, 0.4) is 0 Å². The number of anilines is 1. The highest BCUT2D eigenvalue weighted by Crippen LogP contribution is 2.51. The van der Waals surface area contributed by atoms with Crippen molar-refractivity contribution in [3.63, 3.8) is 0 Å². The molecule has 0 saturated heterocycles. The first-order chi connectivity index (χ1) is 11.3. The molecular weight excluding hydrogens is 367 g/mol. The van der Waals surface area contributed by atoms with Crippen molar-refractivity contribution >= 4 is 29.0 Å². The summed E-state index contributed by atoms with van der Waals surface area (Å²) in [6.45, 7) is 4.82.